The smallest absolute Gasteiger partial charge is 0.329 e. The van der Waals surface area contributed by atoms with Crippen LogP contribution in [0, 0.1) is 9.39 Å². The fourth-order valence-corrected chi connectivity index (χ4v) is 4.62. The third-order valence-electron chi connectivity index (χ3n) is 5.23. The molecule has 3 amide bonds. The summed E-state index contributed by atoms with van der Waals surface area (Å²) in [6, 6.07) is 13.9. The van der Waals surface area contributed by atoms with Crippen molar-refractivity contribution in [1.82, 2.24) is 10.2 Å². The number of hydrogen-bond acceptors (Lipinski definition) is 4. The van der Waals surface area contributed by atoms with E-state index in [-0.39, 0.29) is 24.7 Å². The average molecular weight is 641 g/mol. The van der Waals surface area contributed by atoms with Crippen LogP contribution in [-0.2, 0) is 17.9 Å². The SMILES string of the molecule is CCOc1cc(/C=C2/NC(=O)N(Cc3ccc(F)cc3)C2=O)cc(I)c1OCc1ccc(Cl)c(Cl)c1. The molecule has 0 aromatic heterocycles. The Kier molecular flexibility index (Phi) is 8.38. The maximum Gasteiger partial charge on any atom is 0.329 e. The van der Waals surface area contributed by atoms with E-state index in [9.17, 15) is 14.0 Å². The number of nitrogens with zero attached hydrogens (tertiary/aromatic N) is 1. The van der Waals surface area contributed by atoms with Gasteiger partial charge >= 0.3 is 6.03 Å². The standard InChI is InChI=1S/C26H20Cl2FIN2O4/c1-2-35-23-12-17(10-21(30)24(23)36-14-16-5-8-19(27)20(28)9-16)11-22-25(33)32(26(34)31-22)13-15-3-6-18(29)7-4-15/h3-12H,2,13-14H2,1H3,(H,31,34)/b22-11+. The lowest BCUT2D eigenvalue weighted by Gasteiger charge is -2.15. The molecule has 4 rings (SSSR count). The van der Waals surface area contributed by atoms with E-state index in [4.69, 9.17) is 32.7 Å². The Balaban J connectivity index is 1.54. The minimum absolute atomic E-state index is 0.0332. The largest absolute Gasteiger partial charge is 0.490 e. The Bertz CT molecular complexity index is 1350. The molecule has 3 aromatic rings. The molecule has 1 aliphatic rings. The molecule has 6 nitrogen and oxygen atoms in total. The number of carbonyl (C=O) groups excluding carboxylic acids is 2. The first kappa shape index (κ1) is 26.2. The number of imide groups is 1. The van der Waals surface area contributed by atoms with Crippen molar-refractivity contribution in [1.29, 1.82) is 0 Å². The van der Waals surface area contributed by atoms with Crippen LogP contribution in [-0.4, -0.2) is 23.4 Å². The highest BCUT2D eigenvalue weighted by molar-refractivity contribution is 14.1. The van der Waals surface area contributed by atoms with E-state index < -0.39 is 11.9 Å². The van der Waals surface area contributed by atoms with Crippen molar-refractivity contribution in [3.63, 3.8) is 0 Å². The Hall–Kier alpha value is -2.82. The molecule has 0 saturated carbocycles. The third kappa shape index (κ3) is 6.11. The lowest BCUT2D eigenvalue weighted by atomic mass is 10.1. The number of benzene rings is 3. The van der Waals surface area contributed by atoms with Gasteiger partial charge in [0.25, 0.3) is 5.91 Å². The zero-order chi connectivity index (χ0) is 25.8. The summed E-state index contributed by atoms with van der Waals surface area (Å²) in [5, 5.41) is 3.51. The summed E-state index contributed by atoms with van der Waals surface area (Å²) in [6.07, 6.45) is 1.58. The molecule has 3 aromatic carbocycles. The van der Waals surface area contributed by atoms with Crippen LogP contribution < -0.4 is 14.8 Å². The predicted octanol–water partition coefficient (Wildman–Crippen LogP) is 6.81. The molecular weight excluding hydrogens is 621 g/mol. The fourth-order valence-electron chi connectivity index (χ4n) is 3.51. The number of hydrogen-bond donors (Lipinski definition) is 1. The minimum atomic E-state index is -0.545. The van der Waals surface area contributed by atoms with Gasteiger partial charge in [-0.1, -0.05) is 41.4 Å². The van der Waals surface area contributed by atoms with Crippen LogP contribution in [0.4, 0.5) is 9.18 Å². The van der Waals surface area contributed by atoms with Crippen molar-refractivity contribution in [3.05, 3.63) is 96.4 Å². The normalized spacial score (nSPS) is 14.4. The number of carbonyl (C=O) groups is 2. The first-order valence-corrected chi connectivity index (χ1v) is 12.7. The van der Waals surface area contributed by atoms with Crippen molar-refractivity contribution in [2.75, 3.05) is 6.61 Å². The van der Waals surface area contributed by atoms with E-state index in [1.807, 2.05) is 19.1 Å². The van der Waals surface area contributed by atoms with Gasteiger partial charge in [-0.15, -0.1) is 0 Å². The fraction of sp³-hybridized carbons (Fsp3) is 0.154. The molecule has 0 bridgehead atoms. The Morgan fingerprint density at radius 3 is 2.42 bits per heavy atom. The van der Waals surface area contributed by atoms with Gasteiger partial charge in [-0.05, 0) is 88.7 Å². The second-order valence-electron chi connectivity index (χ2n) is 7.81. The summed E-state index contributed by atoms with van der Waals surface area (Å²) in [6.45, 7) is 2.54. The van der Waals surface area contributed by atoms with Crippen molar-refractivity contribution in [2.24, 2.45) is 0 Å². The molecule has 1 fully saturated rings. The second kappa shape index (κ2) is 11.5. The van der Waals surface area contributed by atoms with Gasteiger partial charge in [-0.25, -0.2) is 9.18 Å². The van der Waals surface area contributed by atoms with Gasteiger partial charge in [0.2, 0.25) is 0 Å². The zero-order valence-corrected chi connectivity index (χ0v) is 22.7. The molecule has 1 N–H and O–H groups in total. The highest BCUT2D eigenvalue weighted by Crippen LogP contribution is 2.36. The maximum atomic E-state index is 13.2. The Morgan fingerprint density at radius 2 is 1.72 bits per heavy atom. The van der Waals surface area contributed by atoms with Crippen LogP contribution in [0.15, 0.2) is 60.3 Å². The number of amides is 3. The van der Waals surface area contributed by atoms with Crippen LogP contribution in [0.1, 0.15) is 23.6 Å². The summed E-state index contributed by atoms with van der Waals surface area (Å²) in [4.78, 5) is 26.4. The molecule has 0 unspecified atom stereocenters. The van der Waals surface area contributed by atoms with E-state index in [1.165, 1.54) is 24.3 Å². The highest BCUT2D eigenvalue weighted by atomic mass is 127. The van der Waals surface area contributed by atoms with Crippen molar-refractivity contribution in [3.8, 4) is 11.5 Å². The van der Waals surface area contributed by atoms with Gasteiger partial charge in [0.15, 0.2) is 11.5 Å². The number of urea groups is 1. The molecule has 186 valence electrons. The highest BCUT2D eigenvalue weighted by Gasteiger charge is 2.33. The molecule has 1 saturated heterocycles. The lowest BCUT2D eigenvalue weighted by molar-refractivity contribution is -0.123. The summed E-state index contributed by atoms with van der Waals surface area (Å²) in [5.41, 5.74) is 2.26. The first-order valence-electron chi connectivity index (χ1n) is 10.9. The van der Waals surface area contributed by atoms with Crippen LogP contribution in [0.25, 0.3) is 6.08 Å². The van der Waals surface area contributed by atoms with E-state index in [2.05, 4.69) is 27.9 Å². The zero-order valence-electron chi connectivity index (χ0n) is 19.0. The number of rotatable bonds is 8. The average Bonchev–Trinajstić information content (AvgIpc) is 3.09. The molecule has 36 heavy (non-hydrogen) atoms. The molecule has 10 heteroatoms. The van der Waals surface area contributed by atoms with E-state index in [0.717, 1.165) is 14.0 Å². The molecule has 0 spiro atoms. The summed E-state index contributed by atoms with van der Waals surface area (Å²) in [5.74, 6) is 0.180. The first-order chi connectivity index (χ1) is 17.2. The Morgan fingerprint density at radius 1 is 1.00 bits per heavy atom. The minimum Gasteiger partial charge on any atom is -0.490 e. The summed E-state index contributed by atoms with van der Waals surface area (Å²) in [7, 11) is 0. The Labute approximate surface area is 231 Å². The van der Waals surface area contributed by atoms with Gasteiger partial charge in [-0.3, -0.25) is 9.69 Å². The third-order valence-corrected chi connectivity index (χ3v) is 6.77. The quantitative estimate of drug-likeness (QED) is 0.167. The maximum absolute atomic E-state index is 13.2. The van der Waals surface area contributed by atoms with Crippen molar-refractivity contribution < 1.29 is 23.5 Å². The molecule has 0 aliphatic carbocycles. The monoisotopic (exact) mass is 640 g/mol. The topological polar surface area (TPSA) is 67.9 Å². The predicted molar refractivity (Wildman–Crippen MR) is 145 cm³/mol. The van der Waals surface area contributed by atoms with Gasteiger partial charge < -0.3 is 14.8 Å². The number of nitrogens with one attached hydrogen (secondary N) is 1. The molecule has 1 aliphatic heterocycles. The van der Waals surface area contributed by atoms with E-state index >= 15 is 0 Å². The van der Waals surface area contributed by atoms with Crippen LogP contribution in [0.3, 0.4) is 0 Å². The summed E-state index contributed by atoms with van der Waals surface area (Å²) >= 11 is 14.2. The molecule has 0 radical (unpaired) electrons. The number of halogens is 4. The van der Waals surface area contributed by atoms with Crippen LogP contribution in [0.2, 0.25) is 10.0 Å². The van der Waals surface area contributed by atoms with Crippen molar-refractivity contribution >= 4 is 63.8 Å². The van der Waals surface area contributed by atoms with Crippen molar-refractivity contribution in [2.45, 2.75) is 20.1 Å². The van der Waals surface area contributed by atoms with Gasteiger partial charge in [0.05, 0.1) is 26.8 Å². The van der Waals surface area contributed by atoms with E-state index in [1.54, 1.807) is 24.3 Å². The van der Waals surface area contributed by atoms with E-state index in [0.29, 0.717) is 39.3 Å². The molecular formula is C26H20Cl2FIN2O4. The van der Waals surface area contributed by atoms with Gasteiger partial charge in [0, 0.05) is 0 Å². The number of ether oxygens (including phenoxy) is 2. The van der Waals surface area contributed by atoms with Crippen LogP contribution >= 0.6 is 45.8 Å². The second-order valence-corrected chi connectivity index (χ2v) is 9.78. The molecule has 1 heterocycles. The summed E-state index contributed by atoms with van der Waals surface area (Å²) < 4.78 is 25.8. The molecule has 0 atom stereocenters. The lowest BCUT2D eigenvalue weighted by Crippen LogP contribution is -2.30. The van der Waals surface area contributed by atoms with Gasteiger partial charge in [-0.2, -0.15) is 0 Å². The van der Waals surface area contributed by atoms with Gasteiger partial charge in [0.1, 0.15) is 18.1 Å². The van der Waals surface area contributed by atoms with Crippen LogP contribution in [0.5, 0.6) is 11.5 Å².